The fraction of sp³-hybridized carbons (Fsp3) is 0.519. The summed E-state index contributed by atoms with van der Waals surface area (Å²) in [6.07, 6.45) is 6.63. The Labute approximate surface area is 187 Å². The summed E-state index contributed by atoms with van der Waals surface area (Å²) < 4.78 is 11.4. The minimum absolute atomic E-state index is 0.0328. The van der Waals surface area contributed by atoms with Crippen molar-refractivity contribution in [2.45, 2.75) is 84.7 Å². The first-order chi connectivity index (χ1) is 14.8. The van der Waals surface area contributed by atoms with Gasteiger partial charge in [-0.15, -0.1) is 0 Å². The van der Waals surface area contributed by atoms with Crippen LogP contribution in [0.3, 0.4) is 0 Å². The second-order valence-corrected chi connectivity index (χ2v) is 8.86. The average molecular weight is 427 g/mol. The molecule has 4 heteroatoms. The van der Waals surface area contributed by atoms with Crippen molar-refractivity contribution in [2.75, 3.05) is 0 Å². The summed E-state index contributed by atoms with van der Waals surface area (Å²) >= 11 is 0. The fourth-order valence-corrected chi connectivity index (χ4v) is 3.51. The van der Waals surface area contributed by atoms with Gasteiger partial charge < -0.3 is 14.6 Å². The van der Waals surface area contributed by atoms with Gasteiger partial charge in [-0.25, -0.2) is 0 Å². The van der Waals surface area contributed by atoms with E-state index < -0.39 is 0 Å². The van der Waals surface area contributed by atoms with Gasteiger partial charge in [0.2, 0.25) is 0 Å². The lowest BCUT2D eigenvalue weighted by Crippen LogP contribution is -2.27. The standard InChI is InChI=1S/C17H24O3.C10H14O/c1-4-13(2)16(18)19-14-7-9-15(10-8-14)20-17(3)11-5-6-12-17;1-3-8(2)9-4-6-10(11)7-5-9/h7-10,13H,4-6,11-12H2,1-3H3;4-8,11H,3H2,1-2H3. The molecule has 3 rings (SSSR count). The van der Waals surface area contributed by atoms with Crippen LogP contribution in [-0.4, -0.2) is 16.7 Å². The third-order valence-corrected chi connectivity index (χ3v) is 6.16. The van der Waals surface area contributed by atoms with E-state index >= 15 is 0 Å². The van der Waals surface area contributed by atoms with Crippen molar-refractivity contribution in [1.29, 1.82) is 0 Å². The van der Waals surface area contributed by atoms with Crippen LogP contribution in [0.15, 0.2) is 48.5 Å². The monoisotopic (exact) mass is 426 g/mol. The number of carbonyl (C=O) groups is 1. The Bertz CT molecular complexity index is 789. The topological polar surface area (TPSA) is 55.8 Å². The number of benzene rings is 2. The summed E-state index contributed by atoms with van der Waals surface area (Å²) in [6.45, 7) is 10.4. The van der Waals surface area contributed by atoms with Crippen LogP contribution in [0.1, 0.15) is 84.6 Å². The molecule has 1 saturated carbocycles. The van der Waals surface area contributed by atoms with E-state index in [2.05, 4.69) is 20.8 Å². The van der Waals surface area contributed by atoms with Gasteiger partial charge in [0, 0.05) is 0 Å². The molecule has 0 saturated heterocycles. The average Bonchev–Trinajstić information content (AvgIpc) is 3.20. The van der Waals surface area contributed by atoms with Crippen LogP contribution in [-0.2, 0) is 4.79 Å². The van der Waals surface area contributed by atoms with Crippen molar-refractivity contribution in [2.24, 2.45) is 5.92 Å². The predicted octanol–water partition coefficient (Wildman–Crippen LogP) is 7.26. The molecule has 0 aromatic heterocycles. The van der Waals surface area contributed by atoms with Gasteiger partial charge in [-0.1, -0.05) is 39.8 Å². The molecule has 2 aromatic rings. The second kappa shape index (κ2) is 11.8. The largest absolute Gasteiger partial charge is 0.508 e. The highest BCUT2D eigenvalue weighted by Gasteiger charge is 2.30. The zero-order valence-corrected chi connectivity index (χ0v) is 19.7. The maximum Gasteiger partial charge on any atom is 0.314 e. The number of esters is 1. The number of phenols is 1. The summed E-state index contributed by atoms with van der Waals surface area (Å²) in [5, 5.41) is 9.01. The zero-order chi connectivity index (χ0) is 22.9. The number of hydrogen-bond acceptors (Lipinski definition) is 4. The van der Waals surface area contributed by atoms with Crippen LogP contribution in [0.4, 0.5) is 0 Å². The van der Waals surface area contributed by atoms with Gasteiger partial charge in [0.15, 0.2) is 0 Å². The molecule has 1 fully saturated rings. The highest BCUT2D eigenvalue weighted by atomic mass is 16.5. The first-order valence-corrected chi connectivity index (χ1v) is 11.6. The van der Waals surface area contributed by atoms with Crippen LogP contribution < -0.4 is 9.47 Å². The van der Waals surface area contributed by atoms with E-state index in [1.54, 1.807) is 24.3 Å². The van der Waals surface area contributed by atoms with Gasteiger partial charge in [-0.05, 0) is 93.3 Å². The van der Waals surface area contributed by atoms with Crippen LogP contribution in [0, 0.1) is 5.92 Å². The smallest absolute Gasteiger partial charge is 0.314 e. The Morgan fingerprint density at radius 2 is 1.48 bits per heavy atom. The van der Waals surface area contributed by atoms with Crippen LogP contribution >= 0.6 is 0 Å². The van der Waals surface area contributed by atoms with E-state index in [4.69, 9.17) is 14.6 Å². The first-order valence-electron chi connectivity index (χ1n) is 11.6. The highest BCUT2D eigenvalue weighted by Crippen LogP contribution is 2.34. The maximum atomic E-state index is 11.7. The van der Waals surface area contributed by atoms with Crippen molar-refractivity contribution >= 4 is 5.97 Å². The first kappa shape index (κ1) is 24.8. The van der Waals surface area contributed by atoms with Gasteiger partial charge in [-0.3, -0.25) is 4.79 Å². The van der Waals surface area contributed by atoms with Crippen molar-refractivity contribution in [1.82, 2.24) is 0 Å². The van der Waals surface area contributed by atoms with Gasteiger partial charge >= 0.3 is 5.97 Å². The summed E-state index contributed by atoms with van der Waals surface area (Å²) in [5.41, 5.74) is 1.26. The molecule has 2 unspecified atom stereocenters. The molecule has 1 N–H and O–H groups in total. The minimum atomic E-state index is -0.177. The van der Waals surface area contributed by atoms with E-state index in [1.165, 1.54) is 18.4 Å². The molecule has 0 aliphatic heterocycles. The molecule has 0 bridgehead atoms. The number of aromatic hydroxyl groups is 1. The number of ether oxygens (including phenoxy) is 2. The van der Waals surface area contributed by atoms with E-state index in [1.807, 2.05) is 38.1 Å². The van der Waals surface area contributed by atoms with Gasteiger partial charge in [0.1, 0.15) is 22.8 Å². The Morgan fingerprint density at radius 3 is 2.00 bits per heavy atom. The Balaban J connectivity index is 0.000000262. The SMILES string of the molecule is CCC(C)C(=O)Oc1ccc(OC2(C)CCCC2)cc1.CCC(C)c1ccc(O)cc1. The zero-order valence-electron chi connectivity index (χ0n) is 19.7. The lowest BCUT2D eigenvalue weighted by atomic mass is 9.99. The van der Waals surface area contributed by atoms with Gasteiger partial charge in [0.05, 0.1) is 5.92 Å². The quantitative estimate of drug-likeness (QED) is 0.374. The van der Waals surface area contributed by atoms with Crippen molar-refractivity contribution in [3.63, 3.8) is 0 Å². The van der Waals surface area contributed by atoms with Crippen molar-refractivity contribution in [3.05, 3.63) is 54.1 Å². The molecular formula is C27H38O4. The van der Waals surface area contributed by atoms with Crippen LogP contribution in [0.2, 0.25) is 0 Å². The van der Waals surface area contributed by atoms with E-state index in [0.29, 0.717) is 17.4 Å². The highest BCUT2D eigenvalue weighted by molar-refractivity contribution is 5.74. The molecule has 0 spiro atoms. The number of rotatable bonds is 7. The van der Waals surface area contributed by atoms with Crippen LogP contribution in [0.5, 0.6) is 17.2 Å². The predicted molar refractivity (Wildman–Crippen MR) is 126 cm³/mol. The molecule has 0 heterocycles. The Kier molecular flexibility index (Phi) is 9.42. The van der Waals surface area contributed by atoms with Crippen molar-refractivity contribution < 1.29 is 19.4 Å². The molecule has 170 valence electrons. The van der Waals surface area contributed by atoms with E-state index in [0.717, 1.165) is 31.4 Å². The molecule has 1 aliphatic carbocycles. The third-order valence-electron chi connectivity index (χ3n) is 6.16. The summed E-state index contributed by atoms with van der Waals surface area (Å²) in [6, 6.07) is 14.8. The Hall–Kier alpha value is -2.49. The van der Waals surface area contributed by atoms with E-state index in [9.17, 15) is 4.79 Å². The normalized spacial score (nSPS) is 16.5. The van der Waals surface area contributed by atoms with E-state index in [-0.39, 0.29) is 17.5 Å². The lowest BCUT2D eigenvalue weighted by molar-refractivity contribution is -0.138. The molecule has 1 aliphatic rings. The molecule has 4 nitrogen and oxygen atoms in total. The molecule has 0 amide bonds. The van der Waals surface area contributed by atoms with Gasteiger partial charge in [0.25, 0.3) is 0 Å². The third kappa shape index (κ3) is 7.93. The minimum Gasteiger partial charge on any atom is -0.508 e. The van der Waals surface area contributed by atoms with Gasteiger partial charge in [-0.2, -0.15) is 0 Å². The van der Waals surface area contributed by atoms with Crippen molar-refractivity contribution in [3.8, 4) is 17.2 Å². The number of hydrogen-bond donors (Lipinski definition) is 1. The Morgan fingerprint density at radius 1 is 0.935 bits per heavy atom. The maximum absolute atomic E-state index is 11.7. The fourth-order valence-electron chi connectivity index (χ4n) is 3.51. The number of carbonyl (C=O) groups excluding carboxylic acids is 1. The summed E-state index contributed by atoms with van der Waals surface area (Å²) in [7, 11) is 0. The molecule has 2 atom stereocenters. The van der Waals surface area contributed by atoms with Crippen LogP contribution in [0.25, 0.3) is 0 Å². The molecule has 2 aromatic carbocycles. The number of phenolic OH excluding ortho intramolecular Hbond substituents is 1. The molecule has 31 heavy (non-hydrogen) atoms. The summed E-state index contributed by atoms with van der Waals surface area (Å²) in [4.78, 5) is 11.7. The molecular weight excluding hydrogens is 388 g/mol. The second-order valence-electron chi connectivity index (χ2n) is 8.86. The molecule has 0 radical (unpaired) electrons. The summed E-state index contributed by atoms with van der Waals surface area (Å²) in [5.74, 6) is 2.12. The lowest BCUT2D eigenvalue weighted by Gasteiger charge is -2.25.